The first-order valence-electron chi connectivity index (χ1n) is 19.6. The van der Waals surface area contributed by atoms with Gasteiger partial charge in [-0.3, -0.25) is 24.7 Å². The lowest BCUT2D eigenvalue weighted by Gasteiger charge is -2.34. The van der Waals surface area contributed by atoms with E-state index in [2.05, 4.69) is 60.9 Å². The molecular formula is C41H47N9O4. The molecular weight excluding hydrogens is 683 g/mol. The topological polar surface area (TPSA) is 175 Å². The van der Waals surface area contributed by atoms with Crippen LogP contribution in [0.3, 0.4) is 0 Å². The number of H-pyrrole nitrogens is 1. The van der Waals surface area contributed by atoms with Crippen molar-refractivity contribution in [2.75, 3.05) is 42.9 Å². The second-order valence-corrected chi connectivity index (χ2v) is 15.7. The minimum Gasteiger partial charge on any atom is -0.382 e. The van der Waals surface area contributed by atoms with Crippen LogP contribution in [0.1, 0.15) is 109 Å². The molecule has 13 heteroatoms. The molecule has 5 aromatic rings. The second kappa shape index (κ2) is 14.5. The first-order valence-corrected chi connectivity index (χ1v) is 19.6. The lowest BCUT2D eigenvalue weighted by molar-refractivity contribution is -0.134. The minimum absolute atomic E-state index is 0.148. The first kappa shape index (κ1) is 34.5. The number of aromatic nitrogens is 4. The SMILES string of the molecule is NC(=O)c1ncc(N2CCCCC2)nc1Nc1ccc(C2CCN(CC3CCC(c4cc5o[nH]c(C6CCC(=O)NC6=O)c5c5ccnc45)C3)CC2)cc1. The first-order chi connectivity index (χ1) is 26.4. The number of piperidine rings is 3. The van der Waals surface area contributed by atoms with Crippen LogP contribution in [0.2, 0.25) is 0 Å². The van der Waals surface area contributed by atoms with Crippen molar-refractivity contribution in [3.63, 3.8) is 0 Å². The zero-order valence-corrected chi connectivity index (χ0v) is 30.5. The van der Waals surface area contributed by atoms with E-state index >= 15 is 0 Å². The molecule has 0 spiro atoms. The van der Waals surface area contributed by atoms with Crippen LogP contribution < -0.4 is 21.3 Å². The van der Waals surface area contributed by atoms with Gasteiger partial charge in [0.1, 0.15) is 5.82 Å². The van der Waals surface area contributed by atoms with Gasteiger partial charge in [0.2, 0.25) is 11.8 Å². The lowest BCUT2D eigenvalue weighted by atomic mass is 9.88. The van der Waals surface area contributed by atoms with Crippen LogP contribution in [0.4, 0.5) is 17.3 Å². The molecule has 3 aromatic heterocycles. The molecule has 2 aromatic carbocycles. The summed E-state index contributed by atoms with van der Waals surface area (Å²) in [5.41, 5.74) is 11.7. The van der Waals surface area contributed by atoms with E-state index in [0.29, 0.717) is 36.4 Å². The van der Waals surface area contributed by atoms with Gasteiger partial charge >= 0.3 is 0 Å². The van der Waals surface area contributed by atoms with Gasteiger partial charge in [0.05, 0.1) is 28.7 Å². The van der Waals surface area contributed by atoms with E-state index in [1.807, 2.05) is 12.3 Å². The third-order valence-corrected chi connectivity index (χ3v) is 12.3. The van der Waals surface area contributed by atoms with Gasteiger partial charge in [-0.1, -0.05) is 12.1 Å². The Labute approximate surface area is 313 Å². The van der Waals surface area contributed by atoms with Crippen LogP contribution in [-0.4, -0.2) is 75.5 Å². The number of anilines is 3. The summed E-state index contributed by atoms with van der Waals surface area (Å²) in [5, 5.41) is 10.7. The molecule has 13 nitrogen and oxygen atoms in total. The third-order valence-electron chi connectivity index (χ3n) is 12.3. The molecule has 54 heavy (non-hydrogen) atoms. The molecule has 1 aliphatic carbocycles. The summed E-state index contributed by atoms with van der Waals surface area (Å²) in [6, 6.07) is 12.7. The van der Waals surface area contributed by atoms with Gasteiger partial charge in [-0.15, -0.1) is 0 Å². The van der Waals surface area contributed by atoms with E-state index in [4.69, 9.17) is 20.2 Å². The molecule has 280 valence electrons. The van der Waals surface area contributed by atoms with Gasteiger partial charge in [-0.05, 0) is 124 Å². The monoisotopic (exact) mass is 729 g/mol. The molecule has 5 N–H and O–H groups in total. The fraction of sp³-hybridized carbons (Fsp3) is 0.463. The quantitative estimate of drug-likeness (QED) is 0.128. The second-order valence-electron chi connectivity index (χ2n) is 15.7. The molecule has 3 aliphatic heterocycles. The summed E-state index contributed by atoms with van der Waals surface area (Å²) in [6.07, 6.45) is 13.4. The van der Waals surface area contributed by atoms with Crippen molar-refractivity contribution in [3.8, 4) is 0 Å². The van der Waals surface area contributed by atoms with Crippen LogP contribution in [0, 0.1) is 5.92 Å². The van der Waals surface area contributed by atoms with Crippen molar-refractivity contribution < 1.29 is 18.9 Å². The number of carbonyl (C=O) groups is 3. The molecule has 0 radical (unpaired) electrons. The summed E-state index contributed by atoms with van der Waals surface area (Å²) in [5.74, 6) is 1.15. The van der Waals surface area contributed by atoms with Crippen molar-refractivity contribution >= 4 is 56.9 Å². The largest absolute Gasteiger partial charge is 0.382 e. The third kappa shape index (κ3) is 6.69. The highest BCUT2D eigenvalue weighted by Crippen LogP contribution is 2.45. The van der Waals surface area contributed by atoms with Crippen molar-refractivity contribution in [2.24, 2.45) is 11.7 Å². The summed E-state index contributed by atoms with van der Waals surface area (Å²) in [4.78, 5) is 55.4. The number of amides is 3. The lowest BCUT2D eigenvalue weighted by Crippen LogP contribution is -2.39. The van der Waals surface area contributed by atoms with Crippen LogP contribution in [-0.2, 0) is 9.59 Å². The highest BCUT2D eigenvalue weighted by molar-refractivity contribution is 6.10. The maximum atomic E-state index is 12.7. The van der Waals surface area contributed by atoms with Crippen molar-refractivity contribution in [1.82, 2.24) is 30.3 Å². The van der Waals surface area contributed by atoms with E-state index in [1.54, 1.807) is 6.20 Å². The molecule has 3 saturated heterocycles. The van der Waals surface area contributed by atoms with E-state index in [1.165, 1.54) is 24.0 Å². The van der Waals surface area contributed by atoms with E-state index < -0.39 is 11.8 Å². The van der Waals surface area contributed by atoms with Gasteiger partial charge in [0.15, 0.2) is 17.1 Å². The van der Waals surface area contributed by atoms with Crippen molar-refractivity contribution in [2.45, 2.75) is 82.0 Å². The number of rotatable bonds is 9. The van der Waals surface area contributed by atoms with Gasteiger partial charge in [-0.25, -0.2) is 15.1 Å². The normalized spacial score (nSPS) is 23.0. The summed E-state index contributed by atoms with van der Waals surface area (Å²) in [6.45, 7) is 5.15. The van der Waals surface area contributed by atoms with Crippen molar-refractivity contribution in [3.05, 3.63) is 71.3 Å². The highest BCUT2D eigenvalue weighted by Gasteiger charge is 2.34. The maximum absolute atomic E-state index is 12.7. The number of benzene rings is 2. The van der Waals surface area contributed by atoms with Crippen molar-refractivity contribution in [1.29, 1.82) is 0 Å². The summed E-state index contributed by atoms with van der Waals surface area (Å²) in [7, 11) is 0. The molecule has 3 atom stereocenters. The average Bonchev–Trinajstić information content (AvgIpc) is 3.96. The number of nitrogens with zero attached hydrogens (tertiary/aromatic N) is 5. The van der Waals surface area contributed by atoms with Crippen LogP contribution in [0.15, 0.2) is 53.3 Å². The maximum Gasteiger partial charge on any atom is 0.271 e. The number of hydrogen-bond donors (Lipinski definition) is 4. The van der Waals surface area contributed by atoms with E-state index in [-0.39, 0.29) is 17.5 Å². The van der Waals surface area contributed by atoms with Gasteiger partial charge in [-0.2, -0.15) is 0 Å². The van der Waals surface area contributed by atoms with Crippen LogP contribution in [0.5, 0.6) is 0 Å². The predicted octanol–water partition coefficient (Wildman–Crippen LogP) is 6.22. The van der Waals surface area contributed by atoms with Crippen LogP contribution >= 0.6 is 0 Å². The number of carbonyl (C=O) groups excluding carboxylic acids is 3. The molecule has 4 fully saturated rings. The zero-order chi connectivity index (χ0) is 36.8. The standard InChI is InChI=1S/C41H47N9O4/c42-39(52)38-40(46-33(22-44-38)50-16-2-1-3-17-50)45-28-8-6-25(7-9-28)26-13-18-49(19-14-26)23-24-4-5-27(20-24)31-21-32-35(29-12-15-43-36(29)31)37(48-54-32)30-10-11-34(51)47-41(30)53/h6-9,12,15,21-22,24,26-27,30,48H,1-5,10-11,13-14,16-20,23H2,(H2,42,52)(H,45,46)(H,47,51,53). The number of nitrogens with one attached hydrogen (secondary N) is 3. The fourth-order valence-corrected chi connectivity index (χ4v) is 9.46. The minimum atomic E-state index is -0.598. The Bertz CT molecular complexity index is 2200. The number of aromatic amines is 1. The molecule has 0 bridgehead atoms. The number of nitrogens with two attached hydrogens (primary N) is 1. The molecule has 3 unspecified atom stereocenters. The summed E-state index contributed by atoms with van der Waals surface area (Å²) >= 11 is 0. The van der Waals surface area contributed by atoms with Gasteiger partial charge < -0.3 is 25.4 Å². The summed E-state index contributed by atoms with van der Waals surface area (Å²) < 4.78 is 5.97. The smallest absolute Gasteiger partial charge is 0.271 e. The van der Waals surface area contributed by atoms with E-state index in [0.717, 1.165) is 110 Å². The fourth-order valence-electron chi connectivity index (χ4n) is 9.46. The Kier molecular flexibility index (Phi) is 9.26. The van der Waals surface area contributed by atoms with Gasteiger partial charge in [0, 0.05) is 43.3 Å². The molecule has 1 saturated carbocycles. The predicted molar refractivity (Wildman–Crippen MR) is 206 cm³/mol. The van der Waals surface area contributed by atoms with E-state index in [9.17, 15) is 14.4 Å². The zero-order valence-electron chi connectivity index (χ0n) is 30.5. The Hall–Kier alpha value is -5.30. The molecule has 3 amide bonds. The molecule has 6 heterocycles. The van der Waals surface area contributed by atoms with Crippen LogP contribution in [0.25, 0.3) is 21.9 Å². The number of likely N-dealkylation sites (tertiary alicyclic amines) is 1. The average molecular weight is 730 g/mol. The number of fused-ring (bicyclic) bond motifs is 3. The Morgan fingerprint density at radius 2 is 1.76 bits per heavy atom. The molecule has 4 aliphatic rings. The highest BCUT2D eigenvalue weighted by atomic mass is 16.5. The Morgan fingerprint density at radius 3 is 2.54 bits per heavy atom. The molecule has 9 rings (SSSR count). The van der Waals surface area contributed by atoms with Gasteiger partial charge in [0.25, 0.3) is 5.91 Å². The number of primary amides is 1. The number of hydrogen-bond acceptors (Lipinski definition) is 10. The number of imide groups is 1. The Morgan fingerprint density at radius 1 is 0.944 bits per heavy atom. The Balaban J connectivity index is 0.810.